The van der Waals surface area contributed by atoms with Crippen molar-refractivity contribution >= 4 is 64.5 Å². The highest BCUT2D eigenvalue weighted by Crippen LogP contribution is 2.31. The number of halogens is 1. The standard InChI is InChI=1S/C6H9BIN2O3PS/c1-9-6(13)10-4(11)2-3(5(10)12)15-7(8)14/h3H,2,14H2,1H3,(H,9,13). The lowest BCUT2D eigenvalue weighted by Crippen LogP contribution is -2.42. The van der Waals surface area contributed by atoms with Crippen LogP contribution in [0.1, 0.15) is 6.42 Å². The molecule has 1 saturated heterocycles. The third kappa shape index (κ3) is 3.07. The summed E-state index contributed by atoms with van der Waals surface area (Å²) in [7, 11) is 3.92. The van der Waals surface area contributed by atoms with Gasteiger partial charge in [-0.1, -0.05) is 0 Å². The fourth-order valence-electron chi connectivity index (χ4n) is 1.19. The summed E-state index contributed by atoms with van der Waals surface area (Å²) in [6.45, 7) is 0. The van der Waals surface area contributed by atoms with Crippen molar-refractivity contribution in [2.24, 2.45) is 0 Å². The molecule has 0 aromatic rings. The number of nitrogens with one attached hydrogen (secondary N) is 1. The number of urea groups is 1. The van der Waals surface area contributed by atoms with Crippen LogP contribution < -0.4 is 5.32 Å². The average molecular weight is 358 g/mol. The van der Waals surface area contributed by atoms with Gasteiger partial charge in [-0.3, -0.25) is 9.59 Å². The Morgan fingerprint density at radius 2 is 2.33 bits per heavy atom. The summed E-state index contributed by atoms with van der Waals surface area (Å²) in [5.74, 6) is -0.854. The van der Waals surface area contributed by atoms with Crippen molar-refractivity contribution in [3.63, 3.8) is 0 Å². The molecule has 0 bridgehead atoms. The third-order valence-electron chi connectivity index (χ3n) is 1.82. The summed E-state index contributed by atoms with van der Waals surface area (Å²) in [6.07, 6.45) is 0.102. The lowest BCUT2D eigenvalue weighted by atomic mass is 10.3. The molecule has 15 heavy (non-hydrogen) atoms. The summed E-state index contributed by atoms with van der Waals surface area (Å²) < 4.78 is 0.147. The number of imide groups is 3. The van der Waals surface area contributed by atoms with E-state index < -0.39 is 23.1 Å². The molecule has 0 aromatic carbocycles. The van der Waals surface area contributed by atoms with E-state index in [0.29, 0.717) is 4.90 Å². The topological polar surface area (TPSA) is 66.5 Å². The van der Waals surface area contributed by atoms with Crippen molar-refractivity contribution in [2.75, 3.05) is 7.05 Å². The number of hydrogen-bond acceptors (Lipinski definition) is 4. The molecule has 0 aliphatic carbocycles. The Balaban J connectivity index is 2.75. The van der Waals surface area contributed by atoms with Crippen LogP contribution in [0.3, 0.4) is 0 Å². The van der Waals surface area contributed by atoms with E-state index in [1.807, 2.05) is 0 Å². The minimum absolute atomic E-state index is 0.102. The molecule has 0 saturated carbocycles. The zero-order valence-electron chi connectivity index (χ0n) is 7.90. The van der Waals surface area contributed by atoms with Crippen LogP contribution >= 0.6 is 43.1 Å². The Morgan fingerprint density at radius 1 is 1.73 bits per heavy atom. The number of hydrogen-bond donors (Lipinski definition) is 1. The van der Waals surface area contributed by atoms with Gasteiger partial charge >= 0.3 is 9.60 Å². The molecule has 1 aliphatic heterocycles. The highest BCUT2D eigenvalue weighted by Gasteiger charge is 2.42. The first kappa shape index (κ1) is 13.3. The first-order chi connectivity index (χ1) is 6.97. The SMILES string of the molecule is CNC(=O)N1C(=O)CC(SB(P)I)C1=O. The second-order valence-corrected chi connectivity index (χ2v) is 8.85. The van der Waals surface area contributed by atoms with Crippen molar-refractivity contribution in [2.45, 2.75) is 11.7 Å². The Hall–Kier alpha value is 0.185. The van der Waals surface area contributed by atoms with E-state index >= 15 is 0 Å². The molecule has 2 atom stereocenters. The van der Waals surface area contributed by atoms with Gasteiger partial charge in [0.2, 0.25) is 11.8 Å². The molecule has 5 nitrogen and oxygen atoms in total. The van der Waals surface area contributed by atoms with Crippen LogP contribution in [0.15, 0.2) is 0 Å². The first-order valence-corrected chi connectivity index (χ1v) is 6.96. The predicted molar refractivity (Wildman–Crippen MR) is 71.8 cm³/mol. The summed E-state index contributed by atoms with van der Waals surface area (Å²) in [4.78, 5) is 35.0. The van der Waals surface area contributed by atoms with E-state index in [0.717, 1.165) is 0 Å². The lowest BCUT2D eigenvalue weighted by molar-refractivity contribution is -0.134. The minimum Gasteiger partial charge on any atom is -0.340 e. The predicted octanol–water partition coefficient (Wildman–Crippen LogP) is 0.481. The quantitative estimate of drug-likeness (QED) is 0.338. The number of carbonyl (C=O) groups excluding carboxylic acids is 3. The minimum atomic E-state index is -0.651. The molecule has 82 valence electrons. The normalized spacial score (nSPS) is 20.7. The summed E-state index contributed by atoms with van der Waals surface area (Å²) in [5.41, 5.74) is 0. The Kier molecular flexibility index (Phi) is 4.85. The molecule has 0 spiro atoms. The van der Waals surface area contributed by atoms with Gasteiger partial charge < -0.3 is 5.32 Å². The second kappa shape index (κ2) is 5.49. The van der Waals surface area contributed by atoms with E-state index in [2.05, 4.69) is 36.8 Å². The maximum absolute atomic E-state index is 11.7. The Bertz CT molecular complexity index is 317. The van der Waals surface area contributed by atoms with Crippen molar-refractivity contribution in [1.82, 2.24) is 10.2 Å². The molecular weight excluding hydrogens is 349 g/mol. The monoisotopic (exact) mass is 358 g/mol. The van der Waals surface area contributed by atoms with Crippen LogP contribution in [0.2, 0.25) is 0 Å². The summed E-state index contributed by atoms with van der Waals surface area (Å²) in [6, 6.07) is -0.651. The molecule has 0 radical (unpaired) electrons. The average Bonchev–Trinajstić information content (AvgIpc) is 2.40. The van der Waals surface area contributed by atoms with Crippen molar-refractivity contribution in [3.8, 4) is 0 Å². The fourth-order valence-corrected chi connectivity index (χ4v) is 3.60. The molecule has 1 fully saturated rings. The van der Waals surface area contributed by atoms with Gasteiger partial charge in [-0.2, -0.15) is 16.5 Å². The van der Waals surface area contributed by atoms with Crippen LogP contribution in [0.25, 0.3) is 0 Å². The number of nitrogens with zero attached hydrogens (tertiary/aromatic N) is 1. The van der Waals surface area contributed by atoms with Gasteiger partial charge in [0.15, 0.2) is 0 Å². The van der Waals surface area contributed by atoms with Gasteiger partial charge in [-0.25, -0.2) is 4.79 Å². The molecular formula is C6H9BIN2O3PS. The largest absolute Gasteiger partial charge is 0.340 e. The van der Waals surface area contributed by atoms with Gasteiger partial charge in [0.1, 0.15) is 0 Å². The molecule has 1 rings (SSSR count). The molecule has 1 heterocycles. The smallest absolute Gasteiger partial charge is 0.330 e. The van der Waals surface area contributed by atoms with Gasteiger partial charge in [0.05, 0.1) is 5.25 Å². The van der Waals surface area contributed by atoms with Crippen molar-refractivity contribution < 1.29 is 14.4 Å². The fraction of sp³-hybridized carbons (Fsp3) is 0.500. The number of amides is 4. The molecule has 1 N–H and O–H groups in total. The molecule has 0 aromatic heterocycles. The molecule has 9 heteroatoms. The van der Waals surface area contributed by atoms with Crippen LogP contribution in [0.4, 0.5) is 4.79 Å². The van der Waals surface area contributed by atoms with Crippen LogP contribution in [0.5, 0.6) is 0 Å². The Morgan fingerprint density at radius 3 is 2.80 bits per heavy atom. The third-order valence-corrected chi connectivity index (χ3v) is 4.13. The zero-order chi connectivity index (χ0) is 11.6. The maximum Gasteiger partial charge on any atom is 0.330 e. The highest BCUT2D eigenvalue weighted by molar-refractivity contribution is 14.1. The van der Waals surface area contributed by atoms with Gasteiger partial charge in [-0.15, -0.1) is 31.5 Å². The van der Waals surface area contributed by atoms with E-state index in [1.54, 1.807) is 0 Å². The van der Waals surface area contributed by atoms with E-state index in [-0.39, 0.29) is 9.99 Å². The van der Waals surface area contributed by atoms with E-state index in [1.165, 1.54) is 18.7 Å². The van der Waals surface area contributed by atoms with Crippen molar-refractivity contribution in [3.05, 3.63) is 0 Å². The first-order valence-electron chi connectivity index (χ1n) is 4.11. The number of carbonyl (C=O) groups is 3. The summed E-state index contributed by atoms with van der Waals surface area (Å²) >= 11 is 3.49. The second-order valence-electron chi connectivity index (χ2n) is 2.80. The molecule has 4 amide bonds. The Labute approximate surface area is 107 Å². The van der Waals surface area contributed by atoms with Crippen LogP contribution in [0, 0.1) is 0 Å². The molecule has 2 unspecified atom stereocenters. The van der Waals surface area contributed by atoms with Crippen LogP contribution in [-0.2, 0) is 9.59 Å². The van der Waals surface area contributed by atoms with E-state index in [9.17, 15) is 14.4 Å². The van der Waals surface area contributed by atoms with E-state index in [4.69, 9.17) is 0 Å². The lowest BCUT2D eigenvalue weighted by Gasteiger charge is -2.12. The highest BCUT2D eigenvalue weighted by atomic mass is 127. The zero-order valence-corrected chi connectivity index (χ0v) is 12.0. The van der Waals surface area contributed by atoms with Gasteiger partial charge in [-0.05, 0) is 0 Å². The number of rotatable bonds is 2. The van der Waals surface area contributed by atoms with Gasteiger partial charge in [0, 0.05) is 13.5 Å². The number of likely N-dealkylation sites (tertiary alicyclic amines) is 1. The van der Waals surface area contributed by atoms with Crippen molar-refractivity contribution in [1.29, 1.82) is 0 Å². The molecule has 1 aliphatic rings. The van der Waals surface area contributed by atoms with Gasteiger partial charge in [0.25, 0.3) is 0 Å². The van der Waals surface area contributed by atoms with Crippen LogP contribution in [-0.4, -0.2) is 38.6 Å². The summed E-state index contributed by atoms with van der Waals surface area (Å²) in [5, 5.41) is 1.83. The maximum atomic E-state index is 11.7.